The van der Waals surface area contributed by atoms with E-state index in [9.17, 15) is 0 Å². The predicted octanol–water partition coefficient (Wildman–Crippen LogP) is 2.35. The van der Waals surface area contributed by atoms with Gasteiger partial charge in [0.15, 0.2) is 5.82 Å². The zero-order chi connectivity index (χ0) is 12.4. The van der Waals surface area contributed by atoms with Gasteiger partial charge in [-0.15, -0.1) is 0 Å². The Labute approximate surface area is 100 Å². The second kappa shape index (κ2) is 4.41. The second-order valence-corrected chi connectivity index (χ2v) is 3.89. The number of aromatic nitrogens is 2. The molecule has 0 atom stereocenters. The molecule has 2 N–H and O–H groups in total. The fourth-order valence-corrected chi connectivity index (χ4v) is 1.73. The summed E-state index contributed by atoms with van der Waals surface area (Å²) in [6, 6.07) is 5.65. The minimum absolute atomic E-state index is 0.454. The van der Waals surface area contributed by atoms with Gasteiger partial charge in [-0.1, -0.05) is 6.07 Å². The Hall–Kier alpha value is -2.10. The van der Waals surface area contributed by atoms with Crippen LogP contribution in [0, 0.1) is 13.8 Å². The highest BCUT2D eigenvalue weighted by Crippen LogP contribution is 2.32. The van der Waals surface area contributed by atoms with Crippen molar-refractivity contribution in [1.29, 1.82) is 0 Å². The fourth-order valence-electron chi connectivity index (χ4n) is 1.73. The van der Waals surface area contributed by atoms with Crippen LogP contribution in [0.1, 0.15) is 11.1 Å². The molecule has 4 heteroatoms. The van der Waals surface area contributed by atoms with Crippen LogP contribution in [0.3, 0.4) is 0 Å². The zero-order valence-corrected chi connectivity index (χ0v) is 10.2. The van der Waals surface area contributed by atoms with Gasteiger partial charge < -0.3 is 10.5 Å². The number of methoxy groups -OCH3 is 1. The van der Waals surface area contributed by atoms with Crippen molar-refractivity contribution in [2.24, 2.45) is 0 Å². The topological polar surface area (TPSA) is 61.0 Å². The molecule has 17 heavy (non-hydrogen) atoms. The summed E-state index contributed by atoms with van der Waals surface area (Å²) in [7, 11) is 1.65. The van der Waals surface area contributed by atoms with Crippen molar-refractivity contribution >= 4 is 5.82 Å². The maximum absolute atomic E-state index is 5.66. The van der Waals surface area contributed by atoms with Gasteiger partial charge in [-0.25, -0.2) is 9.97 Å². The molecule has 0 amide bonds. The molecule has 0 fully saturated rings. The van der Waals surface area contributed by atoms with E-state index in [2.05, 4.69) is 9.97 Å². The summed E-state index contributed by atoms with van der Waals surface area (Å²) in [6.45, 7) is 4.06. The molecular formula is C13H15N3O. The first-order valence-electron chi connectivity index (χ1n) is 5.36. The van der Waals surface area contributed by atoms with E-state index in [1.54, 1.807) is 19.4 Å². The molecule has 0 saturated carbocycles. The number of ether oxygens (including phenoxy) is 1. The van der Waals surface area contributed by atoms with Gasteiger partial charge >= 0.3 is 0 Å². The first-order valence-corrected chi connectivity index (χ1v) is 5.36. The van der Waals surface area contributed by atoms with E-state index in [0.29, 0.717) is 11.6 Å². The fraction of sp³-hybridized carbons (Fsp3) is 0.231. The molecule has 1 heterocycles. The Morgan fingerprint density at radius 3 is 2.59 bits per heavy atom. The van der Waals surface area contributed by atoms with Crippen molar-refractivity contribution in [3.8, 4) is 17.1 Å². The van der Waals surface area contributed by atoms with Gasteiger partial charge in [-0.3, -0.25) is 0 Å². The van der Waals surface area contributed by atoms with E-state index in [-0.39, 0.29) is 0 Å². The standard InChI is InChI=1S/C13H15N3O/c1-8-4-5-10(12(17-3)9(8)2)13-15-7-6-11(14)16-13/h4-7H,1-3H3,(H2,14,15,16). The number of benzene rings is 1. The Kier molecular flexibility index (Phi) is 2.95. The number of rotatable bonds is 2. The van der Waals surface area contributed by atoms with E-state index in [1.165, 1.54) is 5.56 Å². The van der Waals surface area contributed by atoms with Gasteiger partial charge in [-0.2, -0.15) is 0 Å². The van der Waals surface area contributed by atoms with Crippen LogP contribution in [-0.4, -0.2) is 17.1 Å². The lowest BCUT2D eigenvalue weighted by Crippen LogP contribution is -1.98. The molecule has 88 valence electrons. The SMILES string of the molecule is COc1c(-c2nccc(N)n2)ccc(C)c1C. The van der Waals surface area contributed by atoms with E-state index in [4.69, 9.17) is 10.5 Å². The van der Waals surface area contributed by atoms with Crippen LogP contribution in [0.2, 0.25) is 0 Å². The third kappa shape index (κ3) is 2.06. The molecule has 0 aliphatic rings. The molecule has 4 nitrogen and oxygen atoms in total. The number of hydrogen-bond donors (Lipinski definition) is 1. The summed E-state index contributed by atoms with van der Waals surface area (Å²) in [5.74, 6) is 1.84. The average molecular weight is 229 g/mol. The Balaban J connectivity index is 2.63. The minimum atomic E-state index is 0.454. The largest absolute Gasteiger partial charge is 0.496 e. The highest BCUT2D eigenvalue weighted by atomic mass is 16.5. The molecule has 2 aromatic rings. The van der Waals surface area contributed by atoms with Crippen molar-refractivity contribution in [3.05, 3.63) is 35.5 Å². The van der Waals surface area contributed by atoms with Crippen LogP contribution in [-0.2, 0) is 0 Å². The predicted molar refractivity (Wildman–Crippen MR) is 67.9 cm³/mol. The molecule has 0 saturated heterocycles. The Bertz CT molecular complexity index is 552. The van der Waals surface area contributed by atoms with E-state index in [0.717, 1.165) is 16.9 Å². The normalized spacial score (nSPS) is 10.3. The third-order valence-corrected chi connectivity index (χ3v) is 2.80. The summed E-state index contributed by atoms with van der Waals surface area (Å²) in [6.07, 6.45) is 1.65. The zero-order valence-electron chi connectivity index (χ0n) is 10.2. The smallest absolute Gasteiger partial charge is 0.165 e. The average Bonchev–Trinajstić information content (AvgIpc) is 2.32. The Morgan fingerprint density at radius 2 is 1.94 bits per heavy atom. The summed E-state index contributed by atoms with van der Waals surface area (Å²) in [5, 5.41) is 0. The maximum atomic E-state index is 5.66. The van der Waals surface area contributed by atoms with Gasteiger partial charge in [0.2, 0.25) is 0 Å². The van der Waals surface area contributed by atoms with Crippen LogP contribution < -0.4 is 10.5 Å². The molecule has 0 unspecified atom stereocenters. The molecule has 0 aliphatic carbocycles. The molecule has 1 aromatic heterocycles. The van der Waals surface area contributed by atoms with Crippen molar-refractivity contribution in [1.82, 2.24) is 9.97 Å². The molecule has 0 radical (unpaired) electrons. The summed E-state index contributed by atoms with van der Waals surface area (Å²) in [4.78, 5) is 8.43. The first-order chi connectivity index (χ1) is 8.13. The van der Waals surface area contributed by atoms with Gasteiger partial charge in [0, 0.05) is 6.20 Å². The van der Waals surface area contributed by atoms with Gasteiger partial charge in [0.05, 0.1) is 12.7 Å². The van der Waals surface area contributed by atoms with Crippen LogP contribution in [0.5, 0.6) is 5.75 Å². The van der Waals surface area contributed by atoms with Crippen LogP contribution in [0.4, 0.5) is 5.82 Å². The molecular weight excluding hydrogens is 214 g/mol. The van der Waals surface area contributed by atoms with Crippen LogP contribution >= 0.6 is 0 Å². The maximum Gasteiger partial charge on any atom is 0.165 e. The summed E-state index contributed by atoms with van der Waals surface area (Å²) >= 11 is 0. The third-order valence-electron chi connectivity index (χ3n) is 2.80. The number of hydrogen-bond acceptors (Lipinski definition) is 4. The Morgan fingerprint density at radius 1 is 1.18 bits per heavy atom. The van der Waals surface area contributed by atoms with Gasteiger partial charge in [-0.05, 0) is 37.1 Å². The van der Waals surface area contributed by atoms with E-state index < -0.39 is 0 Å². The van der Waals surface area contributed by atoms with E-state index >= 15 is 0 Å². The van der Waals surface area contributed by atoms with Crippen molar-refractivity contribution in [2.75, 3.05) is 12.8 Å². The lowest BCUT2D eigenvalue weighted by Gasteiger charge is -2.12. The molecule has 0 aliphatic heterocycles. The highest BCUT2D eigenvalue weighted by Gasteiger charge is 2.12. The second-order valence-electron chi connectivity index (χ2n) is 3.89. The van der Waals surface area contributed by atoms with Crippen molar-refractivity contribution in [3.63, 3.8) is 0 Å². The monoisotopic (exact) mass is 229 g/mol. The van der Waals surface area contributed by atoms with Gasteiger partial charge in [0.25, 0.3) is 0 Å². The number of aryl methyl sites for hydroxylation is 1. The minimum Gasteiger partial charge on any atom is -0.496 e. The van der Waals surface area contributed by atoms with Gasteiger partial charge in [0.1, 0.15) is 11.6 Å². The highest BCUT2D eigenvalue weighted by molar-refractivity contribution is 5.68. The lowest BCUT2D eigenvalue weighted by molar-refractivity contribution is 0.412. The van der Waals surface area contributed by atoms with E-state index in [1.807, 2.05) is 26.0 Å². The molecule has 0 bridgehead atoms. The molecule has 2 rings (SSSR count). The van der Waals surface area contributed by atoms with Crippen LogP contribution in [0.25, 0.3) is 11.4 Å². The van der Waals surface area contributed by atoms with Crippen molar-refractivity contribution < 1.29 is 4.74 Å². The number of nitrogen functional groups attached to an aromatic ring is 1. The number of nitrogens with zero attached hydrogens (tertiary/aromatic N) is 2. The van der Waals surface area contributed by atoms with Crippen LogP contribution in [0.15, 0.2) is 24.4 Å². The first kappa shape index (κ1) is 11.4. The lowest BCUT2D eigenvalue weighted by atomic mass is 10.0. The summed E-state index contributed by atoms with van der Waals surface area (Å²) in [5.41, 5.74) is 8.80. The molecule has 0 spiro atoms. The van der Waals surface area contributed by atoms with Crippen molar-refractivity contribution in [2.45, 2.75) is 13.8 Å². The quantitative estimate of drug-likeness (QED) is 0.858. The number of anilines is 1. The molecule has 1 aromatic carbocycles. The summed E-state index contributed by atoms with van der Waals surface area (Å²) < 4.78 is 5.43. The number of nitrogens with two attached hydrogens (primary N) is 1.